The first kappa shape index (κ1) is 24.7. The van der Waals surface area contributed by atoms with Gasteiger partial charge in [-0.25, -0.2) is 4.39 Å². The third-order valence-electron chi connectivity index (χ3n) is 7.23. The normalized spacial score (nSPS) is 22.1. The molecule has 0 aromatic heterocycles. The molecule has 1 atom stereocenters. The largest absolute Gasteiger partial charge is 0.416 e. The van der Waals surface area contributed by atoms with Crippen molar-refractivity contribution in [2.75, 3.05) is 24.5 Å². The second-order valence-electron chi connectivity index (χ2n) is 9.66. The molecule has 0 bridgehead atoms. The molecule has 1 aliphatic carbocycles. The minimum Gasteiger partial charge on any atom is -0.339 e. The van der Waals surface area contributed by atoms with Gasteiger partial charge < -0.3 is 9.80 Å². The van der Waals surface area contributed by atoms with Gasteiger partial charge in [0.25, 0.3) is 5.91 Å². The standard InChI is InChI=1S/C26H22F4N4O3/c27-20-11-17(12-31)3-8-21(20)33-14-22(35)34(13-16-1-6-19(7-2-16)26(28,29)30)25(24(33)37)9-10-32(15-25)23(36)18-4-5-18/h1-3,6-8,11,18H,4-5,9-10,13-15H2. The van der Waals surface area contributed by atoms with Crippen molar-refractivity contribution >= 4 is 23.4 Å². The first-order valence-corrected chi connectivity index (χ1v) is 11.8. The highest BCUT2D eigenvalue weighted by molar-refractivity contribution is 6.10. The van der Waals surface area contributed by atoms with Crippen molar-refractivity contribution in [2.24, 2.45) is 5.92 Å². The predicted octanol–water partition coefficient (Wildman–Crippen LogP) is 3.47. The molecular weight excluding hydrogens is 492 g/mol. The topological polar surface area (TPSA) is 84.7 Å². The zero-order valence-corrected chi connectivity index (χ0v) is 19.6. The van der Waals surface area contributed by atoms with Gasteiger partial charge in [-0.15, -0.1) is 0 Å². The number of amides is 3. The van der Waals surface area contributed by atoms with Gasteiger partial charge in [0.05, 0.1) is 29.4 Å². The van der Waals surface area contributed by atoms with Crippen LogP contribution in [0.1, 0.15) is 36.0 Å². The summed E-state index contributed by atoms with van der Waals surface area (Å²) in [5, 5.41) is 9.03. The molecule has 1 spiro atoms. The van der Waals surface area contributed by atoms with Crippen molar-refractivity contribution in [3.05, 3.63) is 65.0 Å². The molecule has 1 saturated carbocycles. The van der Waals surface area contributed by atoms with Crippen LogP contribution in [0.3, 0.4) is 0 Å². The quantitative estimate of drug-likeness (QED) is 0.585. The van der Waals surface area contributed by atoms with Crippen LogP contribution in [-0.4, -0.2) is 52.7 Å². The Morgan fingerprint density at radius 3 is 2.41 bits per heavy atom. The van der Waals surface area contributed by atoms with Crippen molar-refractivity contribution in [1.29, 1.82) is 5.26 Å². The summed E-state index contributed by atoms with van der Waals surface area (Å²) in [5.74, 6) is -2.15. The van der Waals surface area contributed by atoms with E-state index in [1.54, 1.807) is 4.90 Å². The molecule has 2 aromatic rings. The number of carbonyl (C=O) groups excluding carboxylic acids is 3. The van der Waals surface area contributed by atoms with Gasteiger partial charge in [0.15, 0.2) is 0 Å². The third kappa shape index (κ3) is 4.41. The number of benzene rings is 2. The molecule has 37 heavy (non-hydrogen) atoms. The van der Waals surface area contributed by atoms with Crippen LogP contribution in [0.15, 0.2) is 42.5 Å². The number of hydrogen-bond acceptors (Lipinski definition) is 4. The second-order valence-corrected chi connectivity index (χ2v) is 9.66. The number of anilines is 1. The van der Waals surface area contributed by atoms with E-state index < -0.39 is 41.5 Å². The maximum absolute atomic E-state index is 14.9. The first-order chi connectivity index (χ1) is 17.5. The van der Waals surface area contributed by atoms with E-state index in [9.17, 15) is 31.9 Å². The molecule has 2 saturated heterocycles. The Bertz CT molecular complexity index is 1320. The van der Waals surface area contributed by atoms with Gasteiger partial charge in [-0.3, -0.25) is 19.3 Å². The smallest absolute Gasteiger partial charge is 0.339 e. The molecule has 2 aliphatic heterocycles. The van der Waals surface area contributed by atoms with Gasteiger partial charge in [-0.2, -0.15) is 18.4 Å². The zero-order valence-electron chi connectivity index (χ0n) is 19.6. The van der Waals surface area contributed by atoms with Crippen molar-refractivity contribution in [3.63, 3.8) is 0 Å². The Balaban J connectivity index is 1.50. The van der Waals surface area contributed by atoms with Gasteiger partial charge >= 0.3 is 6.18 Å². The fourth-order valence-electron chi connectivity index (χ4n) is 5.07. The lowest BCUT2D eigenvalue weighted by atomic mass is 9.89. The van der Waals surface area contributed by atoms with Crippen molar-refractivity contribution in [2.45, 2.75) is 37.5 Å². The molecule has 0 radical (unpaired) electrons. The van der Waals surface area contributed by atoms with Crippen molar-refractivity contribution in [1.82, 2.24) is 9.80 Å². The van der Waals surface area contributed by atoms with E-state index in [4.69, 9.17) is 5.26 Å². The highest BCUT2D eigenvalue weighted by Gasteiger charge is 2.57. The van der Waals surface area contributed by atoms with Gasteiger partial charge in [-0.1, -0.05) is 12.1 Å². The van der Waals surface area contributed by atoms with Gasteiger partial charge in [0.2, 0.25) is 11.8 Å². The summed E-state index contributed by atoms with van der Waals surface area (Å²) in [6, 6.07) is 9.73. The highest BCUT2D eigenvalue weighted by atomic mass is 19.4. The Kier molecular flexibility index (Phi) is 5.93. The fraction of sp³-hybridized carbons (Fsp3) is 0.385. The summed E-state index contributed by atoms with van der Waals surface area (Å²) in [5.41, 5.74) is -2.05. The molecule has 2 heterocycles. The lowest BCUT2D eigenvalue weighted by molar-refractivity contribution is -0.151. The van der Waals surface area contributed by atoms with E-state index in [2.05, 4.69) is 0 Å². The van der Waals surface area contributed by atoms with Crippen LogP contribution < -0.4 is 4.90 Å². The first-order valence-electron chi connectivity index (χ1n) is 11.8. The highest BCUT2D eigenvalue weighted by Crippen LogP contribution is 2.40. The third-order valence-corrected chi connectivity index (χ3v) is 7.23. The van der Waals surface area contributed by atoms with Gasteiger partial charge in [0.1, 0.15) is 17.9 Å². The lowest BCUT2D eigenvalue weighted by Gasteiger charge is -2.47. The Morgan fingerprint density at radius 2 is 1.81 bits per heavy atom. The van der Waals surface area contributed by atoms with E-state index >= 15 is 0 Å². The number of piperazine rings is 1. The molecule has 3 fully saturated rings. The van der Waals surface area contributed by atoms with Crippen LogP contribution in [0.5, 0.6) is 0 Å². The minimum absolute atomic E-state index is 0.0535. The van der Waals surface area contributed by atoms with Gasteiger partial charge in [-0.05, 0) is 55.2 Å². The molecule has 2 aromatic carbocycles. The number of nitrogens with zero attached hydrogens (tertiary/aromatic N) is 4. The maximum atomic E-state index is 14.9. The van der Waals surface area contributed by atoms with E-state index in [1.165, 1.54) is 29.2 Å². The second kappa shape index (κ2) is 8.87. The van der Waals surface area contributed by atoms with Crippen LogP contribution in [0.4, 0.5) is 23.2 Å². The Hall–Kier alpha value is -3.94. The summed E-state index contributed by atoms with van der Waals surface area (Å²) in [6.45, 7) is -0.484. The lowest BCUT2D eigenvalue weighted by Crippen LogP contribution is -2.69. The zero-order chi connectivity index (χ0) is 26.5. The van der Waals surface area contributed by atoms with E-state index in [-0.39, 0.29) is 49.1 Å². The monoisotopic (exact) mass is 514 g/mol. The average Bonchev–Trinajstić information content (AvgIpc) is 3.62. The van der Waals surface area contributed by atoms with Crippen LogP contribution >= 0.6 is 0 Å². The summed E-state index contributed by atoms with van der Waals surface area (Å²) < 4.78 is 53.9. The summed E-state index contributed by atoms with van der Waals surface area (Å²) in [4.78, 5) is 44.1. The molecule has 3 aliphatic rings. The number of nitriles is 1. The molecule has 0 N–H and O–H groups in total. The number of likely N-dealkylation sites (tertiary alicyclic amines) is 1. The van der Waals surface area contributed by atoms with E-state index in [0.717, 1.165) is 35.9 Å². The fourth-order valence-corrected chi connectivity index (χ4v) is 5.07. The van der Waals surface area contributed by atoms with E-state index in [0.29, 0.717) is 5.56 Å². The number of rotatable bonds is 4. The van der Waals surface area contributed by atoms with Crippen LogP contribution in [0.2, 0.25) is 0 Å². The molecule has 5 rings (SSSR count). The molecule has 3 amide bonds. The minimum atomic E-state index is -4.52. The number of alkyl halides is 3. The molecular formula is C26H22F4N4O3. The molecule has 1 unspecified atom stereocenters. The van der Waals surface area contributed by atoms with Gasteiger partial charge in [0, 0.05) is 19.0 Å². The van der Waals surface area contributed by atoms with Crippen molar-refractivity contribution in [3.8, 4) is 6.07 Å². The average molecular weight is 514 g/mol. The predicted molar refractivity (Wildman–Crippen MR) is 122 cm³/mol. The molecule has 11 heteroatoms. The molecule has 7 nitrogen and oxygen atoms in total. The number of halogens is 4. The number of hydrogen-bond donors (Lipinski definition) is 0. The Morgan fingerprint density at radius 1 is 1.11 bits per heavy atom. The Labute approximate surface area is 209 Å². The van der Waals surface area contributed by atoms with Crippen LogP contribution in [0.25, 0.3) is 0 Å². The maximum Gasteiger partial charge on any atom is 0.416 e. The van der Waals surface area contributed by atoms with E-state index in [1.807, 2.05) is 6.07 Å². The van der Waals surface area contributed by atoms with Crippen molar-refractivity contribution < 1.29 is 31.9 Å². The van der Waals surface area contributed by atoms with Crippen LogP contribution in [-0.2, 0) is 27.1 Å². The molecule has 192 valence electrons. The number of carbonyl (C=O) groups is 3. The summed E-state index contributed by atoms with van der Waals surface area (Å²) >= 11 is 0. The SMILES string of the molecule is N#Cc1ccc(N2CC(=O)N(Cc3ccc(C(F)(F)F)cc3)C3(CCN(C(=O)C4CC4)C3)C2=O)c(F)c1. The summed E-state index contributed by atoms with van der Waals surface area (Å²) in [6.07, 6.45) is -2.89. The summed E-state index contributed by atoms with van der Waals surface area (Å²) in [7, 11) is 0. The van der Waals surface area contributed by atoms with Crippen LogP contribution in [0, 0.1) is 23.1 Å².